The Hall–Kier alpha value is -0.940. The number of ether oxygens (including phenoxy) is 2. The summed E-state index contributed by atoms with van der Waals surface area (Å²) in [4.78, 5) is 24.3. The Labute approximate surface area is 192 Å². The van der Waals surface area contributed by atoms with Gasteiger partial charge in [0.1, 0.15) is 5.78 Å². The normalized spacial score (nSPS) is 15.0. The monoisotopic (exact) mass is 441 g/mol. The van der Waals surface area contributed by atoms with Crippen molar-refractivity contribution in [2.45, 2.75) is 121 Å². The summed E-state index contributed by atoms with van der Waals surface area (Å²) in [6.45, 7) is 27.7. The number of Topliss-reactive ketones (excluding diaryl/α,β-unsaturated/α-hetero) is 1. The minimum Gasteiger partial charge on any atom is -0.351 e. The highest BCUT2D eigenvalue weighted by Gasteiger charge is 2.35. The van der Waals surface area contributed by atoms with Crippen molar-refractivity contribution in [3.05, 3.63) is 0 Å². The summed E-state index contributed by atoms with van der Waals surface area (Å²) in [5.41, 5.74) is -0.673. The van der Waals surface area contributed by atoms with E-state index in [1.54, 1.807) is 6.92 Å². The highest BCUT2D eigenvalue weighted by atomic mass is 16.7. The zero-order valence-corrected chi connectivity index (χ0v) is 22.7. The van der Waals surface area contributed by atoms with Crippen LogP contribution in [0.2, 0.25) is 0 Å². The average molecular weight is 442 g/mol. The second-order valence-electron chi connectivity index (χ2n) is 13.3. The second-order valence-corrected chi connectivity index (χ2v) is 13.3. The Bertz CT molecular complexity index is 597. The van der Waals surface area contributed by atoms with Crippen LogP contribution in [0.3, 0.4) is 0 Å². The molecule has 1 atom stereocenters. The molecule has 0 radical (unpaired) electrons. The molecule has 5 nitrogen and oxygen atoms in total. The largest absolute Gasteiger partial charge is 0.351 e. The number of carbonyl (C=O) groups is 2. The summed E-state index contributed by atoms with van der Waals surface area (Å²) >= 11 is 0. The predicted molar refractivity (Wildman–Crippen MR) is 129 cm³/mol. The third-order valence-corrected chi connectivity index (χ3v) is 5.61. The van der Waals surface area contributed by atoms with Gasteiger partial charge in [0.05, 0.1) is 13.2 Å². The van der Waals surface area contributed by atoms with Crippen LogP contribution in [0.1, 0.15) is 109 Å². The van der Waals surface area contributed by atoms with Crippen LogP contribution in [-0.4, -0.2) is 36.2 Å². The fraction of sp³-hybridized carbons (Fsp3) is 0.923. The van der Waals surface area contributed by atoms with Crippen LogP contribution in [0, 0.1) is 22.2 Å². The Morgan fingerprint density at radius 1 is 0.839 bits per heavy atom. The van der Waals surface area contributed by atoms with Gasteiger partial charge in [0.25, 0.3) is 0 Å². The van der Waals surface area contributed by atoms with Gasteiger partial charge in [0.15, 0.2) is 5.79 Å². The lowest BCUT2D eigenvalue weighted by molar-refractivity contribution is -0.236. The number of rotatable bonds is 13. The van der Waals surface area contributed by atoms with Gasteiger partial charge in [-0.2, -0.15) is 0 Å². The van der Waals surface area contributed by atoms with E-state index in [1.165, 1.54) is 0 Å². The number of nitrogens with one attached hydrogen (secondary N) is 1. The second kappa shape index (κ2) is 10.8. The lowest BCUT2D eigenvalue weighted by Gasteiger charge is -2.39. The summed E-state index contributed by atoms with van der Waals surface area (Å²) in [6, 6.07) is 0. The molecule has 1 unspecified atom stereocenters. The van der Waals surface area contributed by atoms with Crippen LogP contribution in [-0.2, 0) is 19.1 Å². The van der Waals surface area contributed by atoms with E-state index in [1.807, 2.05) is 20.8 Å². The van der Waals surface area contributed by atoms with Crippen molar-refractivity contribution in [2.75, 3.05) is 13.2 Å². The SMILES string of the molecule is CC(=O)CC(C)C(C)(C)CC(=O)NC(C)(C)CC(C)(C)COC(C)(C)OCC(C)(C)C. The molecule has 5 heteroatoms. The minimum atomic E-state index is -0.658. The van der Waals surface area contributed by atoms with Gasteiger partial charge in [-0.15, -0.1) is 0 Å². The molecule has 0 bridgehead atoms. The number of amides is 1. The first-order valence-corrected chi connectivity index (χ1v) is 11.6. The number of ketones is 1. The molecule has 0 aromatic carbocycles. The quantitative estimate of drug-likeness (QED) is 0.348. The summed E-state index contributed by atoms with van der Waals surface area (Å²) in [5, 5.41) is 3.21. The van der Waals surface area contributed by atoms with Crippen molar-refractivity contribution in [2.24, 2.45) is 22.2 Å². The maximum absolute atomic E-state index is 12.8. The minimum absolute atomic E-state index is 0.0240. The van der Waals surface area contributed by atoms with Gasteiger partial charge in [0, 0.05) is 18.4 Å². The lowest BCUT2D eigenvalue weighted by atomic mass is 9.74. The molecule has 0 aliphatic heterocycles. The van der Waals surface area contributed by atoms with Crippen molar-refractivity contribution >= 4 is 11.7 Å². The van der Waals surface area contributed by atoms with Crippen molar-refractivity contribution in [1.82, 2.24) is 5.32 Å². The first kappa shape index (κ1) is 30.1. The molecule has 0 heterocycles. The van der Waals surface area contributed by atoms with Gasteiger partial charge in [-0.05, 0) is 63.2 Å². The van der Waals surface area contributed by atoms with Gasteiger partial charge >= 0.3 is 0 Å². The number of hydrogen-bond acceptors (Lipinski definition) is 4. The molecule has 0 aliphatic carbocycles. The molecule has 0 aromatic heterocycles. The molecule has 0 fully saturated rings. The summed E-state index contributed by atoms with van der Waals surface area (Å²) < 4.78 is 12.1. The van der Waals surface area contributed by atoms with Crippen molar-refractivity contribution in [1.29, 1.82) is 0 Å². The van der Waals surface area contributed by atoms with E-state index in [4.69, 9.17) is 9.47 Å². The van der Waals surface area contributed by atoms with Crippen molar-refractivity contribution in [3.63, 3.8) is 0 Å². The van der Waals surface area contributed by atoms with Crippen molar-refractivity contribution < 1.29 is 19.1 Å². The Morgan fingerprint density at radius 3 is 1.77 bits per heavy atom. The summed E-state index contributed by atoms with van der Waals surface area (Å²) in [5.74, 6) is -0.318. The smallest absolute Gasteiger partial charge is 0.220 e. The zero-order valence-electron chi connectivity index (χ0n) is 22.7. The molecule has 0 saturated carbocycles. The molecule has 0 saturated heterocycles. The Kier molecular flexibility index (Phi) is 10.5. The van der Waals surface area contributed by atoms with E-state index in [0.717, 1.165) is 6.42 Å². The summed E-state index contributed by atoms with van der Waals surface area (Å²) in [6.07, 6.45) is 1.67. The molecule has 0 spiro atoms. The predicted octanol–water partition coefficient (Wildman–Crippen LogP) is 6.14. The highest BCUT2D eigenvalue weighted by Crippen LogP contribution is 2.34. The molecule has 0 aromatic rings. The van der Waals surface area contributed by atoms with Crippen LogP contribution >= 0.6 is 0 Å². The average Bonchev–Trinajstić information content (AvgIpc) is 2.47. The van der Waals surface area contributed by atoms with Crippen molar-refractivity contribution in [3.8, 4) is 0 Å². The first-order valence-electron chi connectivity index (χ1n) is 11.6. The third kappa shape index (κ3) is 13.9. The van der Waals surface area contributed by atoms with Gasteiger partial charge in [-0.3, -0.25) is 4.79 Å². The standard InChI is InChI=1S/C26H51NO4/c1-19(14-20(2)28)24(8,9)15-21(29)27-25(10,11)16-23(6,7)18-31-26(12,13)30-17-22(3,4)5/h19H,14-18H2,1-13H3,(H,27,29). The molecule has 0 rings (SSSR count). The first-order chi connectivity index (χ1) is 13.6. The van der Waals surface area contributed by atoms with Gasteiger partial charge in [0.2, 0.25) is 5.91 Å². The van der Waals surface area contributed by atoms with Crippen LogP contribution in [0.5, 0.6) is 0 Å². The van der Waals surface area contributed by atoms with E-state index < -0.39 is 5.79 Å². The maximum Gasteiger partial charge on any atom is 0.220 e. The van der Waals surface area contributed by atoms with Crippen LogP contribution < -0.4 is 5.32 Å². The van der Waals surface area contributed by atoms with E-state index in [2.05, 4.69) is 67.6 Å². The number of hydrogen-bond donors (Lipinski definition) is 1. The summed E-state index contributed by atoms with van der Waals surface area (Å²) in [7, 11) is 0. The van der Waals surface area contributed by atoms with Gasteiger partial charge < -0.3 is 19.6 Å². The molecule has 1 N–H and O–H groups in total. The van der Waals surface area contributed by atoms with E-state index in [9.17, 15) is 9.59 Å². The zero-order chi connectivity index (χ0) is 24.9. The maximum atomic E-state index is 12.8. The Morgan fingerprint density at radius 2 is 1.32 bits per heavy atom. The molecular formula is C26H51NO4. The van der Waals surface area contributed by atoms with E-state index >= 15 is 0 Å². The van der Waals surface area contributed by atoms with Crippen LogP contribution in [0.15, 0.2) is 0 Å². The fourth-order valence-corrected chi connectivity index (χ4v) is 3.81. The molecule has 1 amide bonds. The van der Waals surface area contributed by atoms with E-state index in [-0.39, 0.29) is 39.4 Å². The van der Waals surface area contributed by atoms with Crippen LogP contribution in [0.25, 0.3) is 0 Å². The molecule has 0 aliphatic rings. The van der Waals surface area contributed by atoms with Crippen LogP contribution in [0.4, 0.5) is 0 Å². The fourth-order valence-electron chi connectivity index (χ4n) is 3.81. The molecule has 184 valence electrons. The van der Waals surface area contributed by atoms with Gasteiger partial charge in [-0.25, -0.2) is 0 Å². The third-order valence-electron chi connectivity index (χ3n) is 5.61. The number of carbonyl (C=O) groups excluding carboxylic acids is 2. The Balaban J connectivity index is 4.83. The highest BCUT2D eigenvalue weighted by molar-refractivity contribution is 5.78. The molecule has 31 heavy (non-hydrogen) atoms. The molecular weight excluding hydrogens is 390 g/mol. The van der Waals surface area contributed by atoms with E-state index in [0.29, 0.717) is 26.1 Å². The lowest BCUT2D eigenvalue weighted by Crippen LogP contribution is -2.48. The topological polar surface area (TPSA) is 64.6 Å². The van der Waals surface area contributed by atoms with Gasteiger partial charge in [-0.1, -0.05) is 55.4 Å².